The molecular weight excluding hydrogens is 487 g/mol. The highest BCUT2D eigenvalue weighted by Crippen LogP contribution is 2.32. The van der Waals surface area contributed by atoms with Crippen LogP contribution in [-0.2, 0) is 18.3 Å². The van der Waals surface area contributed by atoms with E-state index in [9.17, 15) is 0 Å². The zero-order valence-corrected chi connectivity index (χ0v) is 19.4. The molecule has 0 bridgehead atoms. The lowest BCUT2D eigenvalue weighted by Gasteiger charge is -2.14. The zero-order valence-electron chi connectivity index (χ0n) is 17.1. The fourth-order valence-electron chi connectivity index (χ4n) is 2.68. The van der Waals surface area contributed by atoms with Crippen molar-refractivity contribution in [3.63, 3.8) is 0 Å². The van der Waals surface area contributed by atoms with Crippen LogP contribution < -0.4 is 20.1 Å². The summed E-state index contributed by atoms with van der Waals surface area (Å²) in [6.07, 6.45) is 1.75. The number of nitrogens with zero attached hydrogens (tertiary/aromatic N) is 4. The molecule has 160 valence electrons. The van der Waals surface area contributed by atoms with Crippen molar-refractivity contribution in [2.45, 2.75) is 26.3 Å². The molecule has 1 aliphatic heterocycles. The molecule has 0 saturated heterocycles. The molecule has 0 radical (unpaired) electrons. The predicted octanol–water partition coefficient (Wildman–Crippen LogP) is 2.50. The van der Waals surface area contributed by atoms with Crippen LogP contribution in [-0.4, -0.2) is 54.2 Å². The Morgan fingerprint density at radius 3 is 2.76 bits per heavy atom. The lowest BCUT2D eigenvalue weighted by Crippen LogP contribution is -2.32. The number of halogens is 1. The average molecular weight is 516 g/mol. The first-order valence-corrected chi connectivity index (χ1v) is 9.46. The minimum atomic E-state index is 0. The molecule has 0 aliphatic carbocycles. The van der Waals surface area contributed by atoms with E-state index < -0.39 is 0 Å². The molecule has 9 nitrogen and oxygen atoms in total. The maximum atomic E-state index is 5.77. The van der Waals surface area contributed by atoms with Crippen molar-refractivity contribution in [3.8, 4) is 11.5 Å². The number of aromatic nitrogens is 3. The largest absolute Gasteiger partial charge is 0.490 e. The van der Waals surface area contributed by atoms with Crippen molar-refractivity contribution in [2.75, 3.05) is 38.8 Å². The number of nitrogens with one attached hydrogen (secondary N) is 2. The highest BCUT2D eigenvalue weighted by Gasteiger charge is 2.12. The minimum Gasteiger partial charge on any atom is -0.490 e. The molecule has 0 saturated carbocycles. The molecule has 29 heavy (non-hydrogen) atoms. The van der Waals surface area contributed by atoms with E-state index in [2.05, 4.69) is 25.8 Å². The van der Waals surface area contributed by atoms with Gasteiger partial charge >= 0.3 is 0 Å². The molecule has 0 amide bonds. The summed E-state index contributed by atoms with van der Waals surface area (Å²) in [5.74, 6) is 3.82. The summed E-state index contributed by atoms with van der Waals surface area (Å²) < 4.78 is 18.5. The van der Waals surface area contributed by atoms with Gasteiger partial charge in [0.1, 0.15) is 12.4 Å². The number of rotatable bonds is 7. The number of guanidine groups is 1. The van der Waals surface area contributed by atoms with Gasteiger partial charge in [-0.15, -0.1) is 34.2 Å². The Hall–Kier alpha value is -2.08. The Kier molecular flexibility index (Phi) is 9.45. The van der Waals surface area contributed by atoms with Gasteiger partial charge in [0.25, 0.3) is 0 Å². The summed E-state index contributed by atoms with van der Waals surface area (Å²) in [5, 5.41) is 14.9. The molecule has 0 atom stereocenters. The first-order valence-electron chi connectivity index (χ1n) is 9.46. The molecule has 0 spiro atoms. The highest BCUT2D eigenvalue weighted by atomic mass is 127. The van der Waals surface area contributed by atoms with Gasteiger partial charge in [0.2, 0.25) is 0 Å². The topological polar surface area (TPSA) is 94.8 Å². The molecule has 3 rings (SSSR count). The van der Waals surface area contributed by atoms with E-state index in [1.165, 1.54) is 0 Å². The van der Waals surface area contributed by atoms with Gasteiger partial charge < -0.3 is 29.4 Å². The molecular formula is C19H29IN6O3. The quantitative estimate of drug-likeness (QED) is 0.253. The number of methoxy groups -OCH3 is 1. The second-order valence-corrected chi connectivity index (χ2v) is 6.50. The van der Waals surface area contributed by atoms with E-state index in [4.69, 9.17) is 14.2 Å². The van der Waals surface area contributed by atoms with Crippen LogP contribution in [0.25, 0.3) is 0 Å². The van der Waals surface area contributed by atoms with Crippen LogP contribution in [0.2, 0.25) is 0 Å². The van der Waals surface area contributed by atoms with Crippen molar-refractivity contribution in [1.82, 2.24) is 20.1 Å². The number of ether oxygens (including phenoxy) is 3. The third-order valence-electron chi connectivity index (χ3n) is 4.39. The third kappa shape index (κ3) is 6.74. The second-order valence-electron chi connectivity index (χ2n) is 6.50. The van der Waals surface area contributed by atoms with Gasteiger partial charge in [0.05, 0.1) is 13.2 Å². The van der Waals surface area contributed by atoms with Crippen molar-refractivity contribution < 1.29 is 14.2 Å². The molecule has 0 unspecified atom stereocenters. The van der Waals surface area contributed by atoms with E-state index in [1.54, 1.807) is 7.11 Å². The van der Waals surface area contributed by atoms with Crippen LogP contribution in [0, 0.1) is 6.92 Å². The number of hydrogen-bond acceptors (Lipinski definition) is 6. The van der Waals surface area contributed by atoms with Crippen molar-refractivity contribution in [2.24, 2.45) is 12.0 Å². The summed E-state index contributed by atoms with van der Waals surface area (Å²) in [4.78, 5) is 4.65. The Bertz CT molecular complexity index is 811. The van der Waals surface area contributed by atoms with Crippen LogP contribution in [0.1, 0.15) is 24.5 Å². The van der Waals surface area contributed by atoms with Gasteiger partial charge in [-0.25, -0.2) is 4.99 Å². The van der Waals surface area contributed by atoms with Crippen molar-refractivity contribution >= 4 is 35.6 Å². The monoisotopic (exact) mass is 516 g/mol. The first kappa shape index (κ1) is 23.2. The van der Waals surface area contributed by atoms with Crippen LogP contribution in [0.15, 0.2) is 23.2 Å². The number of benzene rings is 1. The summed E-state index contributed by atoms with van der Waals surface area (Å²) in [5.41, 5.74) is 0.872. The summed E-state index contributed by atoms with van der Waals surface area (Å²) in [6.45, 7) is 5.08. The number of anilines is 1. The molecule has 2 heterocycles. The number of hydrogen-bond donors (Lipinski definition) is 2. The van der Waals surface area contributed by atoms with Gasteiger partial charge in [0, 0.05) is 45.5 Å². The molecule has 2 N–H and O–H groups in total. The molecule has 10 heteroatoms. The maximum absolute atomic E-state index is 5.77. The zero-order chi connectivity index (χ0) is 19.8. The van der Waals surface area contributed by atoms with Gasteiger partial charge in [-0.2, -0.15) is 0 Å². The highest BCUT2D eigenvalue weighted by molar-refractivity contribution is 14.0. The molecule has 1 aromatic heterocycles. The Balaban J connectivity index is 0.00000300. The lowest BCUT2D eigenvalue weighted by molar-refractivity contribution is 0.195. The number of aliphatic imine (C=N–C) groups is 1. The predicted molar refractivity (Wildman–Crippen MR) is 122 cm³/mol. The van der Waals surface area contributed by atoms with Crippen LogP contribution in [0.4, 0.5) is 5.69 Å². The number of aryl methyl sites for hydroxylation is 1. The average Bonchev–Trinajstić information content (AvgIpc) is 2.89. The molecule has 0 fully saturated rings. The van der Waals surface area contributed by atoms with Gasteiger partial charge in [-0.1, -0.05) is 0 Å². The van der Waals surface area contributed by atoms with E-state index in [-0.39, 0.29) is 24.0 Å². The van der Waals surface area contributed by atoms with Crippen molar-refractivity contribution in [1.29, 1.82) is 0 Å². The van der Waals surface area contributed by atoms with Gasteiger partial charge in [-0.05, 0) is 25.5 Å². The second kappa shape index (κ2) is 11.8. The van der Waals surface area contributed by atoms with E-state index in [0.717, 1.165) is 48.2 Å². The fourth-order valence-corrected chi connectivity index (χ4v) is 2.68. The van der Waals surface area contributed by atoms with Crippen LogP contribution in [0.5, 0.6) is 11.5 Å². The standard InChI is InChI=1S/C19H28N6O3.HI/c1-14-23-24-18(25(14)2)13-21-19(20-8-4-9-26-3)22-15-6-7-16-17(12-15)28-11-5-10-27-16;/h6-7,12H,4-5,8-11,13H2,1-3H3,(H2,20,21,22);1H. The maximum Gasteiger partial charge on any atom is 0.196 e. The smallest absolute Gasteiger partial charge is 0.196 e. The molecule has 1 aromatic carbocycles. The first-order chi connectivity index (χ1) is 13.7. The fraction of sp³-hybridized carbons (Fsp3) is 0.526. The Morgan fingerprint density at radius 1 is 1.24 bits per heavy atom. The lowest BCUT2D eigenvalue weighted by atomic mass is 10.2. The Labute approximate surface area is 188 Å². The summed E-state index contributed by atoms with van der Waals surface area (Å²) in [7, 11) is 3.63. The van der Waals surface area contributed by atoms with Gasteiger partial charge in [-0.3, -0.25) is 0 Å². The summed E-state index contributed by atoms with van der Waals surface area (Å²) in [6, 6.07) is 5.80. The van der Waals surface area contributed by atoms with E-state index in [0.29, 0.717) is 32.3 Å². The Morgan fingerprint density at radius 2 is 2.03 bits per heavy atom. The van der Waals surface area contributed by atoms with Crippen LogP contribution >= 0.6 is 24.0 Å². The van der Waals surface area contributed by atoms with E-state index in [1.807, 2.05) is 36.7 Å². The van der Waals surface area contributed by atoms with E-state index >= 15 is 0 Å². The van der Waals surface area contributed by atoms with Crippen LogP contribution in [0.3, 0.4) is 0 Å². The van der Waals surface area contributed by atoms with Crippen molar-refractivity contribution in [3.05, 3.63) is 29.8 Å². The van der Waals surface area contributed by atoms with Gasteiger partial charge in [0.15, 0.2) is 23.3 Å². The number of fused-ring (bicyclic) bond motifs is 1. The third-order valence-corrected chi connectivity index (χ3v) is 4.39. The normalized spacial score (nSPS) is 13.4. The SMILES string of the molecule is COCCCNC(=NCc1nnc(C)n1C)Nc1ccc2c(c1)OCCCO2.I. The molecule has 2 aromatic rings. The molecule has 1 aliphatic rings. The summed E-state index contributed by atoms with van der Waals surface area (Å²) >= 11 is 0. The minimum absolute atomic E-state index is 0.